The average molecular weight is 513 g/mol. The van der Waals surface area contributed by atoms with Gasteiger partial charge in [0.15, 0.2) is 5.96 Å². The van der Waals surface area contributed by atoms with Gasteiger partial charge >= 0.3 is 0 Å². The molecule has 0 radical (unpaired) electrons. The Kier molecular flexibility index (Phi) is 10.4. The largest absolute Gasteiger partial charge is 0.381 e. The van der Waals surface area contributed by atoms with Gasteiger partial charge in [0.2, 0.25) is 0 Å². The van der Waals surface area contributed by atoms with Crippen molar-refractivity contribution < 1.29 is 13.9 Å². The number of benzene rings is 2. The maximum atomic E-state index is 13.0. The SMILES string of the molecule is CN=C(NCc1ccc(F)cc1)NCc1cccc(COC2CCOCC2)c1.I. The lowest BCUT2D eigenvalue weighted by Gasteiger charge is -2.22. The molecule has 0 saturated carbocycles. The van der Waals surface area contributed by atoms with Crippen LogP contribution in [0.4, 0.5) is 4.39 Å². The molecular formula is C22H29FIN3O2. The summed E-state index contributed by atoms with van der Waals surface area (Å²) in [5.74, 6) is 0.472. The molecule has 1 aliphatic heterocycles. The smallest absolute Gasteiger partial charge is 0.191 e. The number of hydrogen-bond donors (Lipinski definition) is 2. The van der Waals surface area contributed by atoms with Crippen LogP contribution in [0.3, 0.4) is 0 Å². The summed E-state index contributed by atoms with van der Waals surface area (Å²) in [5, 5.41) is 6.55. The standard InChI is InChI=1S/C22H28FN3O2.HI/c1-24-22(25-14-17-5-7-20(23)8-6-17)26-15-18-3-2-4-19(13-18)16-28-21-9-11-27-12-10-21;/h2-8,13,21H,9-12,14-16H2,1H3,(H2,24,25,26);1H. The first-order valence-corrected chi connectivity index (χ1v) is 9.69. The molecule has 1 aliphatic rings. The zero-order chi connectivity index (χ0) is 19.6. The van der Waals surface area contributed by atoms with Crippen molar-refractivity contribution in [2.24, 2.45) is 4.99 Å². The number of hydrogen-bond acceptors (Lipinski definition) is 3. The van der Waals surface area contributed by atoms with Crippen molar-refractivity contribution in [3.8, 4) is 0 Å². The van der Waals surface area contributed by atoms with Crippen molar-refractivity contribution in [1.29, 1.82) is 0 Å². The predicted molar refractivity (Wildman–Crippen MR) is 124 cm³/mol. The lowest BCUT2D eigenvalue weighted by molar-refractivity contribution is -0.0390. The van der Waals surface area contributed by atoms with Gasteiger partial charge in [0.05, 0.1) is 12.7 Å². The number of nitrogens with zero attached hydrogens (tertiary/aromatic N) is 1. The van der Waals surface area contributed by atoms with E-state index in [-0.39, 0.29) is 29.8 Å². The highest BCUT2D eigenvalue weighted by atomic mass is 127. The molecule has 0 bridgehead atoms. The van der Waals surface area contributed by atoms with Crippen LogP contribution in [0.1, 0.15) is 29.5 Å². The molecule has 0 aliphatic carbocycles. The van der Waals surface area contributed by atoms with Crippen LogP contribution in [0.2, 0.25) is 0 Å². The van der Waals surface area contributed by atoms with Crippen molar-refractivity contribution >= 4 is 29.9 Å². The van der Waals surface area contributed by atoms with E-state index in [2.05, 4.69) is 33.8 Å². The number of guanidine groups is 1. The number of aliphatic imine (C=N–C) groups is 1. The van der Waals surface area contributed by atoms with Crippen LogP contribution in [0.15, 0.2) is 53.5 Å². The zero-order valence-corrected chi connectivity index (χ0v) is 19.0. The van der Waals surface area contributed by atoms with E-state index in [0.29, 0.717) is 31.8 Å². The molecule has 0 atom stereocenters. The van der Waals surface area contributed by atoms with Crippen LogP contribution in [0, 0.1) is 5.82 Å². The van der Waals surface area contributed by atoms with Gasteiger partial charge in [0.25, 0.3) is 0 Å². The molecule has 5 nitrogen and oxygen atoms in total. The summed E-state index contributed by atoms with van der Waals surface area (Å²) in [4.78, 5) is 4.24. The Balaban J connectivity index is 0.00000300. The summed E-state index contributed by atoms with van der Waals surface area (Å²) in [6.07, 6.45) is 2.24. The van der Waals surface area contributed by atoms with E-state index >= 15 is 0 Å². The number of nitrogens with one attached hydrogen (secondary N) is 2. The van der Waals surface area contributed by atoms with Crippen molar-refractivity contribution in [3.63, 3.8) is 0 Å². The molecular weight excluding hydrogens is 484 g/mol. The second-order valence-electron chi connectivity index (χ2n) is 6.85. The van der Waals surface area contributed by atoms with E-state index in [0.717, 1.165) is 37.2 Å². The molecule has 1 saturated heterocycles. The van der Waals surface area contributed by atoms with Gasteiger partial charge in [-0.15, -0.1) is 24.0 Å². The van der Waals surface area contributed by atoms with Gasteiger partial charge in [0, 0.05) is 33.4 Å². The van der Waals surface area contributed by atoms with E-state index < -0.39 is 0 Å². The number of ether oxygens (including phenoxy) is 2. The monoisotopic (exact) mass is 513 g/mol. The highest BCUT2D eigenvalue weighted by molar-refractivity contribution is 14.0. The minimum Gasteiger partial charge on any atom is -0.381 e. The fraction of sp³-hybridized carbons (Fsp3) is 0.409. The zero-order valence-electron chi connectivity index (χ0n) is 16.7. The van der Waals surface area contributed by atoms with Crippen LogP contribution in [-0.2, 0) is 29.2 Å². The quantitative estimate of drug-likeness (QED) is 0.334. The summed E-state index contributed by atoms with van der Waals surface area (Å²) in [7, 11) is 1.73. The average Bonchev–Trinajstić information content (AvgIpc) is 2.75. The van der Waals surface area contributed by atoms with Crippen LogP contribution in [0.25, 0.3) is 0 Å². The number of rotatable bonds is 7. The first-order chi connectivity index (χ1) is 13.7. The molecule has 0 aromatic heterocycles. The Morgan fingerprint density at radius 1 is 1.03 bits per heavy atom. The minimum absolute atomic E-state index is 0. The van der Waals surface area contributed by atoms with Gasteiger partial charge in [-0.3, -0.25) is 4.99 Å². The molecule has 2 aromatic rings. The molecule has 1 heterocycles. The normalized spacial score (nSPS) is 14.9. The molecule has 3 rings (SSSR count). The Labute approximate surface area is 189 Å². The van der Waals surface area contributed by atoms with Gasteiger partial charge in [0.1, 0.15) is 5.82 Å². The van der Waals surface area contributed by atoms with E-state index in [9.17, 15) is 4.39 Å². The minimum atomic E-state index is -0.230. The summed E-state index contributed by atoms with van der Waals surface area (Å²) < 4.78 is 24.4. The van der Waals surface area contributed by atoms with Gasteiger partial charge < -0.3 is 20.1 Å². The van der Waals surface area contributed by atoms with Crippen molar-refractivity contribution in [2.75, 3.05) is 20.3 Å². The highest BCUT2D eigenvalue weighted by Gasteiger charge is 2.14. The van der Waals surface area contributed by atoms with Gasteiger partial charge in [-0.25, -0.2) is 4.39 Å². The van der Waals surface area contributed by atoms with Gasteiger partial charge in [-0.05, 0) is 41.7 Å². The summed E-state index contributed by atoms with van der Waals surface area (Å²) in [5.41, 5.74) is 3.33. The maximum absolute atomic E-state index is 13.0. The lowest BCUT2D eigenvalue weighted by atomic mass is 10.1. The van der Waals surface area contributed by atoms with Crippen LogP contribution >= 0.6 is 24.0 Å². The molecule has 0 spiro atoms. The van der Waals surface area contributed by atoms with E-state index in [1.54, 1.807) is 19.2 Å². The van der Waals surface area contributed by atoms with Crippen molar-refractivity contribution in [2.45, 2.75) is 38.6 Å². The predicted octanol–water partition coefficient (Wildman–Crippen LogP) is 4.00. The Morgan fingerprint density at radius 3 is 2.38 bits per heavy atom. The number of halogens is 2. The van der Waals surface area contributed by atoms with Gasteiger partial charge in [-0.1, -0.05) is 36.4 Å². The molecule has 1 fully saturated rings. The summed E-state index contributed by atoms with van der Waals surface area (Å²) >= 11 is 0. The Hall–Kier alpha value is -1.71. The third-order valence-corrected chi connectivity index (χ3v) is 4.70. The Bertz CT molecular complexity index is 765. The van der Waals surface area contributed by atoms with E-state index in [1.807, 2.05) is 6.07 Å². The fourth-order valence-corrected chi connectivity index (χ4v) is 3.08. The highest BCUT2D eigenvalue weighted by Crippen LogP contribution is 2.14. The summed E-state index contributed by atoms with van der Waals surface area (Å²) in [6, 6.07) is 14.8. The molecule has 7 heteroatoms. The summed E-state index contributed by atoms with van der Waals surface area (Å²) in [6.45, 7) is 3.44. The maximum Gasteiger partial charge on any atom is 0.191 e. The Morgan fingerprint density at radius 2 is 1.69 bits per heavy atom. The second-order valence-corrected chi connectivity index (χ2v) is 6.85. The van der Waals surface area contributed by atoms with Crippen LogP contribution < -0.4 is 10.6 Å². The van der Waals surface area contributed by atoms with Crippen LogP contribution in [-0.4, -0.2) is 32.3 Å². The third kappa shape index (κ3) is 8.28. The molecule has 158 valence electrons. The molecule has 0 unspecified atom stereocenters. The molecule has 0 amide bonds. The first kappa shape index (κ1) is 23.6. The van der Waals surface area contributed by atoms with E-state index in [4.69, 9.17) is 9.47 Å². The molecule has 29 heavy (non-hydrogen) atoms. The van der Waals surface area contributed by atoms with Crippen molar-refractivity contribution in [1.82, 2.24) is 10.6 Å². The second kappa shape index (κ2) is 12.8. The molecule has 2 N–H and O–H groups in total. The lowest BCUT2D eigenvalue weighted by Crippen LogP contribution is -2.36. The van der Waals surface area contributed by atoms with Crippen LogP contribution in [0.5, 0.6) is 0 Å². The third-order valence-electron chi connectivity index (χ3n) is 4.70. The van der Waals surface area contributed by atoms with Crippen molar-refractivity contribution in [3.05, 3.63) is 71.0 Å². The first-order valence-electron chi connectivity index (χ1n) is 9.69. The topological polar surface area (TPSA) is 54.9 Å². The molecule has 2 aromatic carbocycles. The van der Waals surface area contributed by atoms with E-state index in [1.165, 1.54) is 17.7 Å². The van der Waals surface area contributed by atoms with Gasteiger partial charge in [-0.2, -0.15) is 0 Å². The fourth-order valence-electron chi connectivity index (χ4n) is 3.08.